The summed E-state index contributed by atoms with van der Waals surface area (Å²) < 4.78 is 13.4. The van der Waals surface area contributed by atoms with Gasteiger partial charge in [-0.15, -0.1) is 0 Å². The van der Waals surface area contributed by atoms with Gasteiger partial charge in [0.25, 0.3) is 5.56 Å². The lowest BCUT2D eigenvalue weighted by molar-refractivity contribution is -0.121. The highest BCUT2D eigenvalue weighted by Crippen LogP contribution is 2.32. The SMILES string of the molecule is Cc1c2ncn(CC(=O)NCc3ccc4c(c3)OCO4)c(=O)c2nn1C. The Morgan fingerprint density at radius 2 is 2.08 bits per heavy atom. The molecule has 0 unspecified atom stereocenters. The van der Waals surface area contributed by atoms with Crippen molar-refractivity contribution < 1.29 is 14.3 Å². The molecule has 1 aliphatic heterocycles. The van der Waals surface area contributed by atoms with Gasteiger partial charge in [-0.05, 0) is 24.6 Å². The number of nitrogens with zero attached hydrogens (tertiary/aromatic N) is 4. The molecule has 2 aromatic heterocycles. The van der Waals surface area contributed by atoms with E-state index >= 15 is 0 Å². The van der Waals surface area contributed by atoms with E-state index in [1.807, 2.05) is 19.1 Å². The van der Waals surface area contributed by atoms with Crippen molar-refractivity contribution in [2.24, 2.45) is 7.05 Å². The van der Waals surface area contributed by atoms with Crippen molar-refractivity contribution in [3.8, 4) is 11.5 Å². The Morgan fingerprint density at radius 1 is 1.27 bits per heavy atom. The summed E-state index contributed by atoms with van der Waals surface area (Å²) in [6.45, 7) is 2.24. The Morgan fingerprint density at radius 3 is 2.92 bits per heavy atom. The molecule has 134 valence electrons. The van der Waals surface area contributed by atoms with Gasteiger partial charge in [-0.25, -0.2) is 4.98 Å². The minimum atomic E-state index is -0.336. The van der Waals surface area contributed by atoms with E-state index in [9.17, 15) is 9.59 Å². The zero-order valence-electron chi connectivity index (χ0n) is 14.4. The van der Waals surface area contributed by atoms with Crippen LogP contribution in [-0.4, -0.2) is 32.0 Å². The van der Waals surface area contributed by atoms with Gasteiger partial charge in [0.15, 0.2) is 17.0 Å². The monoisotopic (exact) mass is 355 g/mol. The lowest BCUT2D eigenvalue weighted by Gasteiger charge is -2.08. The number of hydrogen-bond acceptors (Lipinski definition) is 6. The van der Waals surface area contributed by atoms with Gasteiger partial charge in [0, 0.05) is 13.6 Å². The topological polar surface area (TPSA) is 100 Å². The molecule has 3 heterocycles. The standard InChI is InChI=1S/C17H17N5O4/c1-10-15-16(20-21(10)2)17(24)22(8-19-15)7-14(23)18-6-11-3-4-12-13(5-11)26-9-25-12/h3-5,8H,6-7,9H2,1-2H3,(H,18,23). The summed E-state index contributed by atoms with van der Waals surface area (Å²) >= 11 is 0. The maximum absolute atomic E-state index is 12.5. The number of aromatic nitrogens is 4. The van der Waals surface area contributed by atoms with Gasteiger partial charge < -0.3 is 14.8 Å². The number of hydrogen-bond donors (Lipinski definition) is 1. The number of benzene rings is 1. The van der Waals surface area contributed by atoms with Crippen molar-refractivity contribution in [3.05, 3.63) is 46.1 Å². The first kappa shape index (κ1) is 16.1. The molecule has 9 heteroatoms. The van der Waals surface area contributed by atoms with Crippen molar-refractivity contribution in [2.75, 3.05) is 6.79 Å². The van der Waals surface area contributed by atoms with Gasteiger partial charge in [0.1, 0.15) is 12.1 Å². The molecule has 9 nitrogen and oxygen atoms in total. The van der Waals surface area contributed by atoms with E-state index in [0.29, 0.717) is 23.6 Å². The number of ether oxygens (including phenoxy) is 2. The van der Waals surface area contributed by atoms with E-state index in [2.05, 4.69) is 15.4 Å². The van der Waals surface area contributed by atoms with Gasteiger partial charge in [-0.1, -0.05) is 6.07 Å². The van der Waals surface area contributed by atoms with Gasteiger partial charge in [-0.3, -0.25) is 18.8 Å². The Hall–Kier alpha value is -3.36. The molecule has 1 aromatic carbocycles. The average Bonchev–Trinajstić information content (AvgIpc) is 3.21. The maximum Gasteiger partial charge on any atom is 0.282 e. The molecule has 0 bridgehead atoms. The quantitative estimate of drug-likeness (QED) is 0.731. The van der Waals surface area contributed by atoms with Crippen LogP contribution < -0.4 is 20.3 Å². The smallest absolute Gasteiger partial charge is 0.282 e. The summed E-state index contributed by atoms with van der Waals surface area (Å²) in [5.74, 6) is 1.06. The number of nitrogens with one attached hydrogen (secondary N) is 1. The second-order valence-electron chi connectivity index (χ2n) is 6.05. The van der Waals surface area contributed by atoms with Crippen LogP contribution in [0.5, 0.6) is 11.5 Å². The Kier molecular flexibility index (Phi) is 3.83. The van der Waals surface area contributed by atoms with Crippen molar-refractivity contribution >= 4 is 16.9 Å². The van der Waals surface area contributed by atoms with Crippen molar-refractivity contribution in [3.63, 3.8) is 0 Å². The van der Waals surface area contributed by atoms with E-state index in [4.69, 9.17) is 9.47 Å². The van der Waals surface area contributed by atoms with Gasteiger partial charge in [0.05, 0.1) is 12.0 Å². The van der Waals surface area contributed by atoms with Crippen LogP contribution in [-0.2, 0) is 24.9 Å². The number of rotatable bonds is 4. The van der Waals surface area contributed by atoms with Crippen LogP contribution in [0.25, 0.3) is 11.0 Å². The van der Waals surface area contributed by atoms with Crippen molar-refractivity contribution in [1.82, 2.24) is 24.6 Å². The number of carbonyl (C=O) groups excluding carboxylic acids is 1. The Labute approximate surface area is 148 Å². The summed E-state index contributed by atoms with van der Waals surface area (Å²) in [5.41, 5.74) is 2.16. The first-order chi connectivity index (χ1) is 12.5. The van der Waals surface area contributed by atoms with Crippen LogP contribution in [0, 0.1) is 6.92 Å². The van der Waals surface area contributed by atoms with Gasteiger partial charge in [-0.2, -0.15) is 5.10 Å². The summed E-state index contributed by atoms with van der Waals surface area (Å²) in [7, 11) is 1.75. The number of carbonyl (C=O) groups is 1. The highest BCUT2D eigenvalue weighted by Gasteiger charge is 2.15. The van der Waals surface area contributed by atoms with Crippen LogP contribution in [0.2, 0.25) is 0 Å². The van der Waals surface area contributed by atoms with Crippen LogP contribution in [0.4, 0.5) is 0 Å². The minimum Gasteiger partial charge on any atom is -0.454 e. The normalized spacial score (nSPS) is 12.5. The summed E-state index contributed by atoms with van der Waals surface area (Å²) in [6.07, 6.45) is 1.37. The molecule has 26 heavy (non-hydrogen) atoms. The minimum absolute atomic E-state index is 0.123. The van der Waals surface area contributed by atoms with Crippen LogP contribution in [0.3, 0.4) is 0 Å². The predicted molar refractivity (Wildman–Crippen MR) is 91.9 cm³/mol. The summed E-state index contributed by atoms with van der Waals surface area (Å²) in [4.78, 5) is 28.9. The first-order valence-corrected chi connectivity index (χ1v) is 8.07. The van der Waals surface area contributed by atoms with Crippen LogP contribution in [0.15, 0.2) is 29.3 Å². The molecule has 0 atom stereocenters. The van der Waals surface area contributed by atoms with E-state index in [0.717, 1.165) is 11.3 Å². The average molecular weight is 355 g/mol. The molecule has 0 fully saturated rings. The Bertz CT molecular complexity index is 1070. The predicted octanol–water partition coefficient (Wildman–Crippen LogP) is 0.484. The van der Waals surface area contributed by atoms with E-state index < -0.39 is 0 Å². The molecule has 0 spiro atoms. The van der Waals surface area contributed by atoms with E-state index in [1.165, 1.54) is 10.9 Å². The zero-order valence-corrected chi connectivity index (χ0v) is 14.4. The van der Waals surface area contributed by atoms with Crippen molar-refractivity contribution in [1.29, 1.82) is 0 Å². The molecule has 1 N–H and O–H groups in total. The summed E-state index contributed by atoms with van der Waals surface area (Å²) in [5, 5.41) is 6.95. The fourth-order valence-corrected chi connectivity index (χ4v) is 2.79. The Balaban J connectivity index is 1.46. The van der Waals surface area contributed by atoms with Crippen molar-refractivity contribution in [2.45, 2.75) is 20.0 Å². The molecule has 1 aliphatic rings. The number of aryl methyl sites for hydroxylation is 2. The molecular formula is C17H17N5O4. The zero-order chi connectivity index (χ0) is 18.3. The lowest BCUT2D eigenvalue weighted by atomic mass is 10.2. The molecule has 0 radical (unpaired) electrons. The van der Waals surface area contributed by atoms with Gasteiger partial charge >= 0.3 is 0 Å². The molecule has 4 rings (SSSR count). The van der Waals surface area contributed by atoms with E-state index in [1.54, 1.807) is 17.8 Å². The largest absolute Gasteiger partial charge is 0.454 e. The van der Waals surface area contributed by atoms with Crippen LogP contribution in [0.1, 0.15) is 11.3 Å². The third-order valence-corrected chi connectivity index (χ3v) is 4.33. The molecule has 0 aliphatic carbocycles. The maximum atomic E-state index is 12.5. The highest BCUT2D eigenvalue weighted by molar-refractivity contribution is 5.78. The second kappa shape index (κ2) is 6.17. The fourth-order valence-electron chi connectivity index (χ4n) is 2.79. The summed E-state index contributed by atoms with van der Waals surface area (Å²) in [6, 6.07) is 5.47. The number of fused-ring (bicyclic) bond motifs is 2. The molecule has 3 aromatic rings. The van der Waals surface area contributed by atoms with E-state index in [-0.39, 0.29) is 30.3 Å². The third kappa shape index (κ3) is 2.77. The molecule has 0 saturated carbocycles. The number of amides is 1. The molecular weight excluding hydrogens is 338 g/mol. The first-order valence-electron chi connectivity index (χ1n) is 8.07. The highest BCUT2D eigenvalue weighted by atomic mass is 16.7. The lowest BCUT2D eigenvalue weighted by Crippen LogP contribution is -2.32. The molecule has 1 amide bonds. The van der Waals surface area contributed by atoms with Gasteiger partial charge in [0.2, 0.25) is 12.7 Å². The second-order valence-corrected chi connectivity index (χ2v) is 6.05. The fraction of sp³-hybridized carbons (Fsp3) is 0.294. The third-order valence-electron chi connectivity index (χ3n) is 4.33. The molecule has 0 saturated heterocycles. The van der Waals surface area contributed by atoms with Crippen LogP contribution >= 0.6 is 0 Å².